The van der Waals surface area contributed by atoms with E-state index in [2.05, 4.69) is 25.5 Å². The van der Waals surface area contributed by atoms with Gasteiger partial charge in [0.15, 0.2) is 11.5 Å². The topological polar surface area (TPSA) is 78.7 Å². The number of hydrogen-bond donors (Lipinski definition) is 1. The summed E-state index contributed by atoms with van der Waals surface area (Å²) in [5, 5.41) is 16.6. The number of fused-ring (bicyclic) bond motifs is 1. The molecule has 0 radical (unpaired) electrons. The van der Waals surface area contributed by atoms with E-state index in [0.29, 0.717) is 29.7 Å². The molecule has 28 heavy (non-hydrogen) atoms. The zero-order chi connectivity index (χ0) is 19.1. The van der Waals surface area contributed by atoms with Crippen LogP contribution in [0.15, 0.2) is 36.5 Å². The highest BCUT2D eigenvalue weighted by Gasteiger charge is 2.29. The largest absolute Gasteiger partial charge is 0.367 e. The lowest BCUT2D eigenvalue weighted by atomic mass is 10.3. The van der Waals surface area contributed by atoms with E-state index in [0.717, 1.165) is 30.2 Å². The SMILES string of the molecule is O=C(Nc1cccc(Cl)c1)N1CCN(c2cnn3c(C4CC4)nnc3c2)CC1. The van der Waals surface area contributed by atoms with Crippen molar-refractivity contribution >= 4 is 34.7 Å². The van der Waals surface area contributed by atoms with Crippen molar-refractivity contribution in [2.75, 3.05) is 36.4 Å². The number of halogens is 1. The normalized spacial score (nSPS) is 17.2. The van der Waals surface area contributed by atoms with E-state index in [-0.39, 0.29) is 6.03 Å². The Morgan fingerprint density at radius 1 is 1.11 bits per heavy atom. The molecule has 2 aromatic heterocycles. The lowest BCUT2D eigenvalue weighted by Gasteiger charge is -2.35. The first kappa shape index (κ1) is 17.2. The molecule has 0 unspecified atom stereocenters. The van der Waals surface area contributed by atoms with Gasteiger partial charge in [-0.2, -0.15) is 9.61 Å². The van der Waals surface area contributed by atoms with Crippen molar-refractivity contribution in [3.05, 3.63) is 47.4 Å². The summed E-state index contributed by atoms with van der Waals surface area (Å²) >= 11 is 5.98. The molecule has 3 heterocycles. The first-order chi connectivity index (χ1) is 13.7. The number of piperazine rings is 1. The predicted molar refractivity (Wildman–Crippen MR) is 107 cm³/mol. The quantitative estimate of drug-likeness (QED) is 0.735. The molecule has 1 N–H and O–H groups in total. The van der Waals surface area contributed by atoms with Crippen LogP contribution in [0, 0.1) is 0 Å². The number of anilines is 2. The predicted octanol–water partition coefficient (Wildman–Crippen LogP) is 3.01. The highest BCUT2D eigenvalue weighted by molar-refractivity contribution is 6.30. The number of hydrogen-bond acceptors (Lipinski definition) is 5. The molecule has 9 heteroatoms. The Morgan fingerprint density at radius 2 is 1.93 bits per heavy atom. The number of rotatable bonds is 3. The molecule has 2 aliphatic rings. The van der Waals surface area contributed by atoms with E-state index in [9.17, 15) is 4.79 Å². The van der Waals surface area contributed by atoms with Gasteiger partial charge in [0.25, 0.3) is 0 Å². The fourth-order valence-corrected chi connectivity index (χ4v) is 3.70. The molecular formula is C19H20ClN7O. The molecule has 0 bridgehead atoms. The highest BCUT2D eigenvalue weighted by atomic mass is 35.5. The Hall–Kier alpha value is -2.87. The van der Waals surface area contributed by atoms with E-state index in [1.54, 1.807) is 12.1 Å². The number of benzene rings is 1. The molecule has 0 atom stereocenters. The van der Waals surface area contributed by atoms with Crippen molar-refractivity contribution in [3.8, 4) is 0 Å². The van der Waals surface area contributed by atoms with Gasteiger partial charge in [0.05, 0.1) is 11.9 Å². The van der Waals surface area contributed by atoms with Crippen LogP contribution >= 0.6 is 11.6 Å². The fourth-order valence-electron chi connectivity index (χ4n) is 3.50. The molecule has 2 fully saturated rings. The molecule has 1 aliphatic heterocycles. The number of carbonyl (C=O) groups is 1. The van der Waals surface area contributed by atoms with E-state index >= 15 is 0 Å². The molecule has 2 amide bonds. The minimum atomic E-state index is -0.109. The second kappa shape index (κ2) is 6.94. The van der Waals surface area contributed by atoms with Crippen molar-refractivity contribution in [1.29, 1.82) is 0 Å². The minimum absolute atomic E-state index is 0.109. The van der Waals surface area contributed by atoms with E-state index in [1.807, 2.05) is 33.8 Å². The van der Waals surface area contributed by atoms with Gasteiger partial charge < -0.3 is 15.1 Å². The first-order valence-electron chi connectivity index (χ1n) is 9.45. The van der Waals surface area contributed by atoms with Crippen LogP contribution in [0.4, 0.5) is 16.2 Å². The maximum atomic E-state index is 12.5. The Kier molecular flexibility index (Phi) is 4.27. The van der Waals surface area contributed by atoms with Crippen LogP contribution in [-0.2, 0) is 0 Å². The summed E-state index contributed by atoms with van der Waals surface area (Å²) in [4.78, 5) is 16.5. The fraction of sp³-hybridized carbons (Fsp3) is 0.368. The Labute approximate surface area is 167 Å². The van der Waals surface area contributed by atoms with Crippen LogP contribution in [0.3, 0.4) is 0 Å². The summed E-state index contributed by atoms with van der Waals surface area (Å²) in [6.07, 6.45) is 4.21. The van der Waals surface area contributed by atoms with Gasteiger partial charge in [0.2, 0.25) is 0 Å². The van der Waals surface area contributed by atoms with Gasteiger partial charge in [-0.3, -0.25) is 0 Å². The van der Waals surface area contributed by atoms with Crippen molar-refractivity contribution in [3.63, 3.8) is 0 Å². The van der Waals surface area contributed by atoms with Gasteiger partial charge in [0.1, 0.15) is 0 Å². The van der Waals surface area contributed by atoms with Crippen LogP contribution in [-0.4, -0.2) is 56.9 Å². The number of nitrogens with one attached hydrogen (secondary N) is 1. The summed E-state index contributed by atoms with van der Waals surface area (Å²) in [6, 6.07) is 9.08. The van der Waals surface area contributed by atoms with Gasteiger partial charge in [-0.25, -0.2) is 4.79 Å². The Morgan fingerprint density at radius 3 is 2.68 bits per heavy atom. The number of urea groups is 1. The van der Waals surface area contributed by atoms with Crippen molar-refractivity contribution in [1.82, 2.24) is 24.7 Å². The molecule has 1 saturated carbocycles. The first-order valence-corrected chi connectivity index (χ1v) is 9.83. The minimum Gasteiger partial charge on any atom is -0.367 e. The Bertz CT molecular complexity index is 1020. The lowest BCUT2D eigenvalue weighted by Crippen LogP contribution is -2.50. The monoisotopic (exact) mass is 397 g/mol. The van der Waals surface area contributed by atoms with E-state index in [1.165, 1.54) is 12.8 Å². The maximum Gasteiger partial charge on any atom is 0.321 e. The molecule has 1 saturated heterocycles. The number of carbonyl (C=O) groups excluding carboxylic acids is 1. The molecule has 0 spiro atoms. The third-order valence-electron chi connectivity index (χ3n) is 5.22. The number of aromatic nitrogens is 4. The molecular weight excluding hydrogens is 378 g/mol. The molecule has 144 valence electrons. The smallest absolute Gasteiger partial charge is 0.321 e. The summed E-state index contributed by atoms with van der Waals surface area (Å²) in [6.45, 7) is 2.75. The van der Waals surface area contributed by atoms with Gasteiger partial charge in [-0.15, -0.1) is 10.2 Å². The molecule has 1 aliphatic carbocycles. The molecule has 8 nitrogen and oxygen atoms in total. The van der Waals surface area contributed by atoms with Crippen LogP contribution in [0.1, 0.15) is 24.6 Å². The molecule has 1 aromatic carbocycles. The van der Waals surface area contributed by atoms with E-state index < -0.39 is 0 Å². The average Bonchev–Trinajstić information content (AvgIpc) is 3.47. The number of nitrogens with zero attached hydrogens (tertiary/aromatic N) is 6. The number of amides is 2. The summed E-state index contributed by atoms with van der Waals surface area (Å²) in [7, 11) is 0. The van der Waals surface area contributed by atoms with Gasteiger partial charge in [0, 0.05) is 48.9 Å². The second-order valence-corrected chi connectivity index (χ2v) is 7.67. The van der Waals surface area contributed by atoms with Crippen LogP contribution in [0.5, 0.6) is 0 Å². The van der Waals surface area contributed by atoms with Crippen molar-refractivity contribution in [2.24, 2.45) is 0 Å². The average molecular weight is 398 g/mol. The van der Waals surface area contributed by atoms with E-state index in [4.69, 9.17) is 11.6 Å². The lowest BCUT2D eigenvalue weighted by molar-refractivity contribution is 0.208. The third-order valence-corrected chi connectivity index (χ3v) is 5.46. The summed E-state index contributed by atoms with van der Waals surface area (Å²) in [5.74, 6) is 1.47. The van der Waals surface area contributed by atoms with Crippen LogP contribution in [0.2, 0.25) is 5.02 Å². The van der Waals surface area contributed by atoms with Gasteiger partial charge in [-0.05, 0) is 31.0 Å². The molecule has 5 rings (SSSR count). The standard InChI is InChI=1S/C19H20ClN7O/c20-14-2-1-3-15(10-14)22-19(28)26-8-6-25(7-9-26)16-11-17-23-24-18(13-4-5-13)27(17)21-12-16/h1-3,10-13H,4-9H2,(H,22,28). The zero-order valence-corrected chi connectivity index (χ0v) is 16.0. The summed E-state index contributed by atoms with van der Waals surface area (Å²) in [5.41, 5.74) is 2.49. The Balaban J connectivity index is 1.23. The third kappa shape index (κ3) is 3.35. The maximum absolute atomic E-state index is 12.5. The van der Waals surface area contributed by atoms with Gasteiger partial charge in [-0.1, -0.05) is 17.7 Å². The van der Waals surface area contributed by atoms with Crippen molar-refractivity contribution < 1.29 is 4.79 Å². The van der Waals surface area contributed by atoms with Crippen LogP contribution < -0.4 is 10.2 Å². The van der Waals surface area contributed by atoms with Crippen LogP contribution in [0.25, 0.3) is 5.65 Å². The molecule has 3 aromatic rings. The second-order valence-electron chi connectivity index (χ2n) is 7.23. The van der Waals surface area contributed by atoms with Gasteiger partial charge >= 0.3 is 6.03 Å². The van der Waals surface area contributed by atoms with Crippen molar-refractivity contribution in [2.45, 2.75) is 18.8 Å². The zero-order valence-electron chi connectivity index (χ0n) is 15.3. The summed E-state index contributed by atoms with van der Waals surface area (Å²) < 4.78 is 1.84. The highest BCUT2D eigenvalue weighted by Crippen LogP contribution is 2.38.